The highest BCUT2D eigenvalue weighted by atomic mass is 32.1. The van der Waals surface area contributed by atoms with Crippen molar-refractivity contribution in [1.82, 2.24) is 10.3 Å². The van der Waals surface area contributed by atoms with Gasteiger partial charge in [0.25, 0.3) is 5.91 Å². The van der Waals surface area contributed by atoms with E-state index in [-0.39, 0.29) is 5.91 Å². The zero-order valence-corrected chi connectivity index (χ0v) is 13.5. The summed E-state index contributed by atoms with van der Waals surface area (Å²) >= 11 is 1.51. The second-order valence-corrected chi connectivity index (χ2v) is 6.15. The van der Waals surface area contributed by atoms with Crippen molar-refractivity contribution in [1.29, 1.82) is 0 Å². The standard InChI is InChI=1S/C16H23N3OS/c1-3-5-10-19(4-2)11-13-12-8-6-7-9-14(12)21-15(13)16(20)18-17/h6-9H,3-5,10-11,17H2,1-2H3,(H,18,20). The van der Waals surface area contributed by atoms with Crippen LogP contribution < -0.4 is 11.3 Å². The molecule has 0 bridgehead atoms. The number of amides is 1. The zero-order chi connectivity index (χ0) is 15.2. The smallest absolute Gasteiger partial charge is 0.275 e. The molecule has 114 valence electrons. The third-order valence-corrected chi connectivity index (χ3v) is 4.90. The van der Waals surface area contributed by atoms with Crippen LogP contribution in [0.15, 0.2) is 24.3 Å². The largest absolute Gasteiger partial charge is 0.299 e. The lowest BCUT2D eigenvalue weighted by molar-refractivity contribution is 0.0956. The highest BCUT2D eigenvalue weighted by Crippen LogP contribution is 2.32. The average molecular weight is 305 g/mol. The second kappa shape index (κ2) is 7.54. The fourth-order valence-corrected chi connectivity index (χ4v) is 3.58. The van der Waals surface area contributed by atoms with Crippen molar-refractivity contribution in [2.75, 3.05) is 13.1 Å². The fraction of sp³-hybridized carbons (Fsp3) is 0.438. The Bertz CT molecular complexity index is 609. The number of carbonyl (C=O) groups excluding carboxylic acids is 1. The van der Waals surface area contributed by atoms with Crippen molar-refractivity contribution in [2.24, 2.45) is 5.84 Å². The average Bonchev–Trinajstić information content (AvgIpc) is 2.89. The van der Waals surface area contributed by atoms with Gasteiger partial charge < -0.3 is 0 Å². The maximum absolute atomic E-state index is 12.0. The number of carbonyl (C=O) groups is 1. The molecule has 5 heteroatoms. The van der Waals surface area contributed by atoms with E-state index in [1.54, 1.807) is 0 Å². The van der Waals surface area contributed by atoms with Gasteiger partial charge in [0.1, 0.15) is 0 Å². The number of hydrazine groups is 1. The molecule has 0 fully saturated rings. The number of nitrogen functional groups attached to an aromatic ring is 1. The third-order valence-electron chi connectivity index (χ3n) is 3.69. The number of hydrogen-bond donors (Lipinski definition) is 2. The number of hydrogen-bond acceptors (Lipinski definition) is 4. The summed E-state index contributed by atoms with van der Waals surface area (Å²) in [4.78, 5) is 15.2. The summed E-state index contributed by atoms with van der Waals surface area (Å²) in [5, 5.41) is 1.16. The van der Waals surface area contributed by atoms with Gasteiger partial charge in [-0.2, -0.15) is 0 Å². The molecule has 2 rings (SSSR count). The first-order chi connectivity index (χ1) is 10.2. The Hall–Kier alpha value is -1.43. The van der Waals surface area contributed by atoms with Crippen LogP contribution in [0.25, 0.3) is 10.1 Å². The zero-order valence-electron chi connectivity index (χ0n) is 12.7. The van der Waals surface area contributed by atoms with Gasteiger partial charge in [0.05, 0.1) is 4.88 Å². The minimum atomic E-state index is -0.197. The highest BCUT2D eigenvalue weighted by molar-refractivity contribution is 7.21. The Morgan fingerprint density at radius 1 is 1.33 bits per heavy atom. The monoisotopic (exact) mass is 305 g/mol. The summed E-state index contributed by atoms with van der Waals surface area (Å²) in [6.45, 7) is 7.19. The van der Waals surface area contributed by atoms with Crippen LogP contribution in [0.5, 0.6) is 0 Å². The van der Waals surface area contributed by atoms with E-state index >= 15 is 0 Å². The van der Waals surface area contributed by atoms with E-state index in [0.717, 1.165) is 40.2 Å². The van der Waals surface area contributed by atoms with E-state index in [1.807, 2.05) is 12.1 Å². The maximum Gasteiger partial charge on any atom is 0.275 e. The van der Waals surface area contributed by atoms with Crippen LogP contribution in [0.3, 0.4) is 0 Å². The Morgan fingerprint density at radius 2 is 2.10 bits per heavy atom. The summed E-state index contributed by atoms with van der Waals surface area (Å²) in [7, 11) is 0. The Morgan fingerprint density at radius 3 is 2.76 bits per heavy atom. The summed E-state index contributed by atoms with van der Waals surface area (Å²) in [6, 6.07) is 8.16. The Balaban J connectivity index is 2.37. The van der Waals surface area contributed by atoms with Gasteiger partial charge in [-0.3, -0.25) is 15.1 Å². The van der Waals surface area contributed by atoms with Gasteiger partial charge in [-0.15, -0.1) is 11.3 Å². The SMILES string of the molecule is CCCCN(CC)Cc1c(C(=O)NN)sc2ccccc12. The lowest BCUT2D eigenvalue weighted by atomic mass is 10.1. The van der Waals surface area contributed by atoms with Crippen molar-refractivity contribution in [3.05, 3.63) is 34.7 Å². The summed E-state index contributed by atoms with van der Waals surface area (Å²) in [5.41, 5.74) is 3.36. The van der Waals surface area contributed by atoms with Crippen LogP contribution >= 0.6 is 11.3 Å². The highest BCUT2D eigenvalue weighted by Gasteiger charge is 2.19. The van der Waals surface area contributed by atoms with Crippen molar-refractivity contribution in [2.45, 2.75) is 33.2 Å². The molecule has 0 saturated heterocycles. The van der Waals surface area contributed by atoms with Gasteiger partial charge in [-0.1, -0.05) is 38.5 Å². The van der Waals surface area contributed by atoms with Crippen LogP contribution in [0.2, 0.25) is 0 Å². The van der Waals surface area contributed by atoms with Crippen LogP contribution in [0.1, 0.15) is 41.9 Å². The molecular formula is C16H23N3OS. The second-order valence-electron chi connectivity index (χ2n) is 5.10. The molecular weight excluding hydrogens is 282 g/mol. The lowest BCUT2D eigenvalue weighted by Crippen LogP contribution is -2.31. The van der Waals surface area contributed by atoms with Gasteiger partial charge in [-0.25, -0.2) is 5.84 Å². The molecule has 0 spiro atoms. The number of nitrogens with two attached hydrogens (primary N) is 1. The third kappa shape index (κ3) is 3.61. The summed E-state index contributed by atoms with van der Waals surface area (Å²) < 4.78 is 1.14. The van der Waals surface area contributed by atoms with E-state index in [1.165, 1.54) is 24.2 Å². The number of thiophene rings is 1. The number of rotatable bonds is 7. The van der Waals surface area contributed by atoms with Crippen molar-refractivity contribution in [3.63, 3.8) is 0 Å². The quantitative estimate of drug-likeness (QED) is 0.469. The maximum atomic E-state index is 12.0. The van der Waals surface area contributed by atoms with Gasteiger partial charge in [0.2, 0.25) is 0 Å². The minimum Gasteiger partial charge on any atom is -0.299 e. The van der Waals surface area contributed by atoms with E-state index < -0.39 is 0 Å². The molecule has 0 aliphatic carbocycles. The van der Waals surface area contributed by atoms with Crippen molar-refractivity contribution < 1.29 is 4.79 Å². The van der Waals surface area contributed by atoms with E-state index in [0.29, 0.717) is 0 Å². The van der Waals surface area contributed by atoms with Gasteiger partial charge in [-0.05, 0) is 36.5 Å². The van der Waals surface area contributed by atoms with Gasteiger partial charge in [0.15, 0.2) is 0 Å². The number of nitrogens with zero attached hydrogens (tertiary/aromatic N) is 1. The minimum absolute atomic E-state index is 0.197. The first-order valence-electron chi connectivity index (χ1n) is 7.44. The van der Waals surface area contributed by atoms with Gasteiger partial charge >= 0.3 is 0 Å². The number of nitrogens with one attached hydrogen (secondary N) is 1. The van der Waals surface area contributed by atoms with Crippen LogP contribution in [-0.2, 0) is 6.54 Å². The number of benzene rings is 1. The first kappa shape index (κ1) is 15.9. The molecule has 0 aliphatic heterocycles. The normalized spacial score (nSPS) is 11.2. The van der Waals surface area contributed by atoms with E-state index in [9.17, 15) is 4.79 Å². The van der Waals surface area contributed by atoms with Gasteiger partial charge in [0, 0.05) is 11.2 Å². The van der Waals surface area contributed by atoms with Crippen molar-refractivity contribution in [3.8, 4) is 0 Å². The first-order valence-corrected chi connectivity index (χ1v) is 8.26. The van der Waals surface area contributed by atoms with E-state index in [4.69, 9.17) is 5.84 Å². The molecule has 4 nitrogen and oxygen atoms in total. The predicted octanol–water partition coefficient (Wildman–Crippen LogP) is 3.13. The molecule has 0 aliphatic rings. The van der Waals surface area contributed by atoms with E-state index in [2.05, 4.69) is 36.3 Å². The molecule has 3 N–H and O–H groups in total. The molecule has 2 aromatic rings. The van der Waals surface area contributed by atoms with Crippen LogP contribution in [-0.4, -0.2) is 23.9 Å². The molecule has 21 heavy (non-hydrogen) atoms. The van der Waals surface area contributed by atoms with Crippen LogP contribution in [0.4, 0.5) is 0 Å². The molecule has 0 saturated carbocycles. The summed E-state index contributed by atoms with van der Waals surface area (Å²) in [5.74, 6) is 5.14. The number of fused-ring (bicyclic) bond motifs is 1. The molecule has 1 aromatic heterocycles. The Kier molecular flexibility index (Phi) is 5.73. The molecule has 1 amide bonds. The molecule has 0 atom stereocenters. The molecule has 1 aromatic carbocycles. The topological polar surface area (TPSA) is 58.4 Å². The predicted molar refractivity (Wildman–Crippen MR) is 89.3 cm³/mol. The molecule has 0 radical (unpaired) electrons. The van der Waals surface area contributed by atoms with Crippen molar-refractivity contribution >= 4 is 27.3 Å². The fourth-order valence-electron chi connectivity index (χ4n) is 2.46. The Labute approximate surface area is 129 Å². The molecule has 1 heterocycles. The molecule has 0 unspecified atom stereocenters. The van der Waals surface area contributed by atoms with Crippen LogP contribution in [0, 0.1) is 0 Å². The number of unbranched alkanes of at least 4 members (excludes halogenated alkanes) is 1. The summed E-state index contributed by atoms with van der Waals surface area (Å²) in [6.07, 6.45) is 2.35. The lowest BCUT2D eigenvalue weighted by Gasteiger charge is -2.20.